The molecule has 2 aromatic heterocycles. The lowest BCUT2D eigenvalue weighted by Crippen LogP contribution is -2.05. The normalized spacial score (nSPS) is 12.3. The van der Waals surface area contributed by atoms with E-state index in [-0.39, 0.29) is 5.75 Å². The fourth-order valence-corrected chi connectivity index (χ4v) is 3.65. The smallest absolute Gasteiger partial charge is 0.197 e. The summed E-state index contributed by atoms with van der Waals surface area (Å²) >= 11 is 0. The number of methoxy groups -OCH3 is 2. The van der Waals surface area contributed by atoms with E-state index in [4.69, 9.17) is 9.47 Å². The standard InChI is InChI=1S/C17H19N3O3S/c1-10-5-6-12-13(7-10)20-17(19-12)24(21)9-14-11(2)16(23-4)15(22-3)8-18-14/h5-8H,9H2,1-4H3,(H,19,20). The summed E-state index contributed by atoms with van der Waals surface area (Å²) in [6, 6.07) is 5.89. The maximum absolute atomic E-state index is 12.7. The first-order valence-electron chi connectivity index (χ1n) is 7.44. The highest BCUT2D eigenvalue weighted by atomic mass is 32.2. The number of aryl methyl sites for hydroxylation is 1. The van der Waals surface area contributed by atoms with Gasteiger partial charge in [-0.2, -0.15) is 0 Å². The Morgan fingerprint density at radius 1 is 1.21 bits per heavy atom. The van der Waals surface area contributed by atoms with Crippen LogP contribution in [0.5, 0.6) is 11.5 Å². The minimum Gasteiger partial charge on any atom is -0.492 e. The van der Waals surface area contributed by atoms with Gasteiger partial charge in [0.25, 0.3) is 0 Å². The lowest BCUT2D eigenvalue weighted by Gasteiger charge is -2.12. The van der Waals surface area contributed by atoms with Gasteiger partial charge >= 0.3 is 0 Å². The van der Waals surface area contributed by atoms with Gasteiger partial charge in [-0.3, -0.25) is 9.19 Å². The van der Waals surface area contributed by atoms with Crippen molar-refractivity contribution in [3.05, 3.63) is 41.2 Å². The SMILES string of the molecule is COc1cnc(CS(=O)c2nc3ccc(C)cc3[nH]2)c(C)c1OC. The Morgan fingerprint density at radius 3 is 2.71 bits per heavy atom. The van der Waals surface area contributed by atoms with Crippen molar-refractivity contribution < 1.29 is 13.7 Å². The quantitative estimate of drug-likeness (QED) is 0.769. The third kappa shape index (κ3) is 2.99. The lowest BCUT2D eigenvalue weighted by molar-refractivity contribution is 0.350. The third-order valence-corrected chi connectivity index (χ3v) is 5.02. The number of nitrogens with one attached hydrogen (secondary N) is 1. The molecule has 0 bridgehead atoms. The summed E-state index contributed by atoms with van der Waals surface area (Å²) in [6.07, 6.45) is 1.58. The van der Waals surface area contributed by atoms with Gasteiger partial charge in [-0.25, -0.2) is 4.98 Å². The number of rotatable bonds is 5. The fraction of sp³-hybridized carbons (Fsp3) is 0.294. The molecule has 0 saturated heterocycles. The molecular weight excluding hydrogens is 326 g/mol. The molecule has 0 amide bonds. The molecule has 7 heteroatoms. The van der Waals surface area contributed by atoms with E-state index in [0.717, 1.165) is 22.2 Å². The fourth-order valence-electron chi connectivity index (χ4n) is 2.55. The van der Waals surface area contributed by atoms with Gasteiger partial charge in [-0.05, 0) is 31.5 Å². The Kier molecular flexibility index (Phi) is 4.53. The van der Waals surface area contributed by atoms with Crippen molar-refractivity contribution in [3.63, 3.8) is 0 Å². The predicted molar refractivity (Wildman–Crippen MR) is 93.0 cm³/mol. The van der Waals surface area contributed by atoms with Crippen LogP contribution in [0.3, 0.4) is 0 Å². The molecule has 1 unspecified atom stereocenters. The summed E-state index contributed by atoms with van der Waals surface area (Å²) in [7, 11) is 1.81. The van der Waals surface area contributed by atoms with Gasteiger partial charge in [0.15, 0.2) is 16.7 Å². The van der Waals surface area contributed by atoms with Crippen LogP contribution in [0.4, 0.5) is 0 Å². The number of ether oxygens (including phenoxy) is 2. The molecule has 0 aliphatic rings. The Bertz CT molecular complexity index is 921. The largest absolute Gasteiger partial charge is 0.492 e. The summed E-state index contributed by atoms with van der Waals surface area (Å²) in [5, 5.41) is 0.451. The second-order valence-corrected chi connectivity index (χ2v) is 6.85. The van der Waals surface area contributed by atoms with Crippen LogP contribution in [0.15, 0.2) is 29.6 Å². The monoisotopic (exact) mass is 345 g/mol. The predicted octanol–water partition coefficient (Wildman–Crippen LogP) is 2.90. The average Bonchev–Trinajstić information content (AvgIpc) is 2.99. The van der Waals surface area contributed by atoms with Gasteiger partial charge in [0, 0.05) is 5.56 Å². The van der Waals surface area contributed by atoms with Gasteiger partial charge in [-0.1, -0.05) is 6.07 Å². The second-order valence-electron chi connectivity index (χ2n) is 5.48. The zero-order valence-electron chi connectivity index (χ0n) is 14.0. The number of aromatic amines is 1. The van der Waals surface area contributed by atoms with Crippen molar-refractivity contribution in [2.75, 3.05) is 14.2 Å². The highest BCUT2D eigenvalue weighted by Gasteiger charge is 2.17. The summed E-state index contributed by atoms with van der Waals surface area (Å²) in [5.74, 6) is 1.42. The van der Waals surface area contributed by atoms with Crippen LogP contribution in [0.1, 0.15) is 16.8 Å². The average molecular weight is 345 g/mol. The number of H-pyrrole nitrogens is 1. The van der Waals surface area contributed by atoms with Crippen LogP contribution in [-0.2, 0) is 16.6 Å². The van der Waals surface area contributed by atoms with Gasteiger partial charge < -0.3 is 14.5 Å². The molecule has 1 aromatic carbocycles. The Hall–Kier alpha value is -2.41. The molecule has 0 saturated carbocycles. The number of nitrogens with zero attached hydrogens (tertiary/aromatic N) is 2. The van der Waals surface area contributed by atoms with Crippen molar-refractivity contribution in [3.8, 4) is 11.5 Å². The summed E-state index contributed by atoms with van der Waals surface area (Å²) in [6.45, 7) is 3.89. The van der Waals surface area contributed by atoms with Crippen LogP contribution in [-0.4, -0.2) is 33.4 Å². The molecular formula is C17H19N3O3S. The molecule has 0 fully saturated rings. The van der Waals surface area contributed by atoms with Crippen molar-refractivity contribution in [1.82, 2.24) is 15.0 Å². The minimum absolute atomic E-state index is 0.255. The first-order valence-corrected chi connectivity index (χ1v) is 8.76. The molecule has 1 N–H and O–H groups in total. The van der Waals surface area contributed by atoms with Crippen molar-refractivity contribution >= 4 is 21.8 Å². The van der Waals surface area contributed by atoms with E-state index in [9.17, 15) is 4.21 Å². The summed E-state index contributed by atoms with van der Waals surface area (Å²) < 4.78 is 23.3. The highest BCUT2D eigenvalue weighted by molar-refractivity contribution is 7.84. The van der Waals surface area contributed by atoms with Crippen LogP contribution in [0.25, 0.3) is 11.0 Å². The molecule has 126 valence electrons. The molecule has 3 rings (SSSR count). The van der Waals surface area contributed by atoms with Crippen molar-refractivity contribution in [1.29, 1.82) is 0 Å². The van der Waals surface area contributed by atoms with E-state index in [1.807, 2.05) is 32.0 Å². The maximum Gasteiger partial charge on any atom is 0.197 e. The topological polar surface area (TPSA) is 77.1 Å². The van der Waals surface area contributed by atoms with E-state index in [1.165, 1.54) is 0 Å². The summed E-state index contributed by atoms with van der Waals surface area (Å²) in [4.78, 5) is 11.9. The first-order chi connectivity index (χ1) is 11.5. The number of pyridine rings is 1. The Morgan fingerprint density at radius 2 is 2.00 bits per heavy atom. The van der Waals surface area contributed by atoms with E-state index in [1.54, 1.807) is 20.4 Å². The number of fused-ring (bicyclic) bond motifs is 1. The van der Waals surface area contributed by atoms with Gasteiger partial charge in [0.05, 0.1) is 53.7 Å². The van der Waals surface area contributed by atoms with Gasteiger partial charge in [0.2, 0.25) is 0 Å². The molecule has 2 heterocycles. The molecule has 0 aliphatic heterocycles. The highest BCUT2D eigenvalue weighted by Crippen LogP contribution is 2.32. The maximum atomic E-state index is 12.7. The minimum atomic E-state index is -1.33. The molecule has 0 radical (unpaired) electrons. The van der Waals surface area contributed by atoms with Gasteiger partial charge in [0.1, 0.15) is 0 Å². The lowest BCUT2D eigenvalue weighted by atomic mass is 10.2. The number of benzene rings is 1. The Balaban J connectivity index is 1.91. The third-order valence-electron chi connectivity index (χ3n) is 3.86. The zero-order valence-corrected chi connectivity index (χ0v) is 14.9. The van der Waals surface area contributed by atoms with Crippen LogP contribution in [0, 0.1) is 13.8 Å². The Labute approximate surface area is 142 Å². The number of hydrogen-bond acceptors (Lipinski definition) is 5. The molecule has 6 nitrogen and oxygen atoms in total. The van der Waals surface area contributed by atoms with E-state index >= 15 is 0 Å². The molecule has 1 atom stereocenters. The van der Waals surface area contributed by atoms with Crippen molar-refractivity contribution in [2.24, 2.45) is 0 Å². The molecule has 3 aromatic rings. The van der Waals surface area contributed by atoms with Crippen LogP contribution >= 0.6 is 0 Å². The number of hydrogen-bond donors (Lipinski definition) is 1. The van der Waals surface area contributed by atoms with E-state index < -0.39 is 10.8 Å². The number of imidazole rings is 1. The molecule has 24 heavy (non-hydrogen) atoms. The van der Waals surface area contributed by atoms with Crippen molar-refractivity contribution in [2.45, 2.75) is 24.8 Å². The summed E-state index contributed by atoms with van der Waals surface area (Å²) in [5.41, 5.74) is 4.33. The zero-order chi connectivity index (χ0) is 17.3. The van der Waals surface area contributed by atoms with E-state index in [2.05, 4.69) is 15.0 Å². The van der Waals surface area contributed by atoms with Gasteiger partial charge in [-0.15, -0.1) is 0 Å². The first kappa shape index (κ1) is 16.4. The number of aromatic nitrogens is 3. The van der Waals surface area contributed by atoms with Crippen LogP contribution in [0.2, 0.25) is 0 Å². The van der Waals surface area contributed by atoms with E-state index in [0.29, 0.717) is 22.3 Å². The molecule has 0 aliphatic carbocycles. The molecule has 0 spiro atoms. The van der Waals surface area contributed by atoms with Crippen LogP contribution < -0.4 is 9.47 Å². The second kappa shape index (κ2) is 6.60.